The van der Waals surface area contributed by atoms with Crippen LogP contribution in [0.3, 0.4) is 0 Å². The van der Waals surface area contributed by atoms with Gasteiger partial charge in [-0.2, -0.15) is 0 Å². The molecule has 0 radical (unpaired) electrons. The lowest BCUT2D eigenvalue weighted by Crippen LogP contribution is -2.43. The SMILES string of the molecule is CC(N(C)C(=O)c1ccncc1C=CC(=O)O)C(C)(C)C. The van der Waals surface area contributed by atoms with Gasteiger partial charge in [-0.15, -0.1) is 0 Å². The summed E-state index contributed by atoms with van der Waals surface area (Å²) in [6, 6.07) is 1.64. The van der Waals surface area contributed by atoms with Gasteiger partial charge in [0.25, 0.3) is 5.91 Å². The number of hydrogen-bond acceptors (Lipinski definition) is 3. The molecule has 1 aromatic heterocycles. The molecule has 0 aromatic carbocycles. The van der Waals surface area contributed by atoms with E-state index in [1.807, 2.05) is 6.92 Å². The molecule has 1 amide bonds. The Bertz CT molecular complexity index is 559. The third-order valence-electron chi connectivity index (χ3n) is 3.64. The molecular weight excluding hydrogens is 268 g/mol. The van der Waals surface area contributed by atoms with E-state index in [-0.39, 0.29) is 17.4 Å². The van der Waals surface area contributed by atoms with Crippen molar-refractivity contribution in [2.75, 3.05) is 7.05 Å². The fraction of sp³-hybridized carbons (Fsp3) is 0.438. The number of carbonyl (C=O) groups is 2. The van der Waals surface area contributed by atoms with Crippen LogP contribution in [0.15, 0.2) is 24.5 Å². The van der Waals surface area contributed by atoms with Crippen molar-refractivity contribution in [2.24, 2.45) is 5.41 Å². The number of nitrogens with zero attached hydrogens (tertiary/aromatic N) is 2. The maximum Gasteiger partial charge on any atom is 0.328 e. The zero-order valence-electron chi connectivity index (χ0n) is 13.1. The van der Waals surface area contributed by atoms with Crippen molar-refractivity contribution in [2.45, 2.75) is 33.7 Å². The summed E-state index contributed by atoms with van der Waals surface area (Å²) in [6.07, 6.45) is 5.41. The molecule has 0 saturated carbocycles. The first kappa shape index (κ1) is 16.9. The fourth-order valence-corrected chi connectivity index (χ4v) is 1.84. The van der Waals surface area contributed by atoms with E-state index in [1.54, 1.807) is 18.0 Å². The molecule has 0 aliphatic heterocycles. The molecule has 21 heavy (non-hydrogen) atoms. The molecule has 0 spiro atoms. The van der Waals surface area contributed by atoms with Crippen LogP contribution < -0.4 is 0 Å². The lowest BCUT2D eigenvalue weighted by molar-refractivity contribution is -0.131. The Morgan fingerprint density at radius 2 is 2.00 bits per heavy atom. The molecule has 5 nitrogen and oxygen atoms in total. The van der Waals surface area contributed by atoms with Crippen LogP contribution in [-0.4, -0.2) is 40.0 Å². The van der Waals surface area contributed by atoms with Crippen LogP contribution in [0.25, 0.3) is 6.08 Å². The number of carboxylic acid groups (broad SMARTS) is 1. The zero-order chi connectivity index (χ0) is 16.2. The summed E-state index contributed by atoms with van der Waals surface area (Å²) in [5.74, 6) is -1.21. The number of rotatable bonds is 4. The van der Waals surface area contributed by atoms with E-state index in [4.69, 9.17) is 5.11 Å². The zero-order valence-corrected chi connectivity index (χ0v) is 13.1. The molecule has 0 bridgehead atoms. The number of aromatic nitrogens is 1. The Labute approximate surface area is 125 Å². The van der Waals surface area contributed by atoms with E-state index in [0.29, 0.717) is 11.1 Å². The quantitative estimate of drug-likeness (QED) is 0.865. The highest BCUT2D eigenvalue weighted by molar-refractivity contribution is 5.98. The molecule has 114 valence electrons. The normalized spacial score (nSPS) is 13.2. The molecule has 1 atom stereocenters. The van der Waals surface area contributed by atoms with Crippen LogP contribution in [-0.2, 0) is 4.79 Å². The molecule has 1 heterocycles. The van der Waals surface area contributed by atoms with Crippen LogP contribution >= 0.6 is 0 Å². The lowest BCUT2D eigenvalue weighted by atomic mass is 9.87. The van der Waals surface area contributed by atoms with E-state index >= 15 is 0 Å². The summed E-state index contributed by atoms with van der Waals surface area (Å²) in [5.41, 5.74) is 0.896. The van der Waals surface area contributed by atoms with Gasteiger partial charge in [0.05, 0.1) is 0 Å². The van der Waals surface area contributed by atoms with E-state index in [9.17, 15) is 9.59 Å². The fourth-order valence-electron chi connectivity index (χ4n) is 1.84. The summed E-state index contributed by atoms with van der Waals surface area (Å²) in [5, 5.41) is 8.71. The smallest absolute Gasteiger partial charge is 0.328 e. The van der Waals surface area contributed by atoms with Crippen molar-refractivity contribution in [3.05, 3.63) is 35.7 Å². The van der Waals surface area contributed by atoms with E-state index in [1.165, 1.54) is 18.5 Å². The molecule has 1 unspecified atom stereocenters. The van der Waals surface area contributed by atoms with E-state index in [0.717, 1.165) is 6.08 Å². The monoisotopic (exact) mass is 290 g/mol. The van der Waals surface area contributed by atoms with Gasteiger partial charge in [-0.3, -0.25) is 9.78 Å². The summed E-state index contributed by atoms with van der Waals surface area (Å²) in [6.45, 7) is 8.20. The molecule has 0 saturated heterocycles. The third-order valence-corrected chi connectivity index (χ3v) is 3.64. The number of aliphatic carboxylic acids is 1. The number of carboxylic acids is 1. The largest absolute Gasteiger partial charge is 0.478 e. The third kappa shape index (κ3) is 4.41. The molecule has 1 rings (SSSR count). The van der Waals surface area contributed by atoms with Crippen molar-refractivity contribution in [1.29, 1.82) is 0 Å². The minimum atomic E-state index is -1.06. The van der Waals surface area contributed by atoms with Crippen molar-refractivity contribution < 1.29 is 14.7 Å². The van der Waals surface area contributed by atoms with Gasteiger partial charge < -0.3 is 10.0 Å². The second-order valence-electron chi connectivity index (χ2n) is 6.09. The Kier molecular flexibility index (Phi) is 5.24. The topological polar surface area (TPSA) is 70.5 Å². The predicted molar refractivity (Wildman–Crippen MR) is 81.9 cm³/mol. The molecule has 0 aliphatic rings. The molecule has 0 aliphatic carbocycles. The van der Waals surface area contributed by atoms with Gasteiger partial charge in [-0.1, -0.05) is 20.8 Å². The maximum absolute atomic E-state index is 12.6. The van der Waals surface area contributed by atoms with Gasteiger partial charge in [0, 0.05) is 42.7 Å². The number of pyridine rings is 1. The van der Waals surface area contributed by atoms with Crippen LogP contribution in [0.2, 0.25) is 0 Å². The van der Waals surface area contributed by atoms with Gasteiger partial charge in [-0.05, 0) is 24.5 Å². The highest BCUT2D eigenvalue weighted by atomic mass is 16.4. The second-order valence-corrected chi connectivity index (χ2v) is 6.09. The molecular formula is C16H22N2O3. The predicted octanol–water partition coefficient (Wildman–Crippen LogP) is 2.69. The van der Waals surface area contributed by atoms with Crippen LogP contribution in [0.1, 0.15) is 43.6 Å². The molecule has 0 fully saturated rings. The summed E-state index contributed by atoms with van der Waals surface area (Å²) < 4.78 is 0. The highest BCUT2D eigenvalue weighted by Crippen LogP contribution is 2.24. The Morgan fingerprint density at radius 1 is 1.38 bits per heavy atom. The first-order valence-electron chi connectivity index (χ1n) is 6.76. The van der Waals surface area contributed by atoms with Crippen LogP contribution in [0.4, 0.5) is 0 Å². The summed E-state index contributed by atoms with van der Waals surface area (Å²) >= 11 is 0. The van der Waals surface area contributed by atoms with Crippen molar-refractivity contribution in [1.82, 2.24) is 9.88 Å². The van der Waals surface area contributed by atoms with E-state index < -0.39 is 5.97 Å². The molecule has 1 aromatic rings. The number of carbonyl (C=O) groups excluding carboxylic acids is 1. The lowest BCUT2D eigenvalue weighted by Gasteiger charge is -2.35. The Morgan fingerprint density at radius 3 is 2.52 bits per heavy atom. The molecule has 5 heteroatoms. The van der Waals surface area contributed by atoms with Crippen LogP contribution in [0, 0.1) is 5.41 Å². The van der Waals surface area contributed by atoms with E-state index in [2.05, 4.69) is 25.8 Å². The van der Waals surface area contributed by atoms with Gasteiger partial charge >= 0.3 is 5.97 Å². The van der Waals surface area contributed by atoms with Gasteiger partial charge in [0.15, 0.2) is 0 Å². The number of hydrogen-bond donors (Lipinski definition) is 1. The average molecular weight is 290 g/mol. The Hall–Kier alpha value is -2.17. The number of amides is 1. The Balaban J connectivity index is 3.11. The van der Waals surface area contributed by atoms with Crippen molar-refractivity contribution in [3.8, 4) is 0 Å². The molecule has 1 N–H and O–H groups in total. The average Bonchev–Trinajstić information content (AvgIpc) is 2.42. The first-order chi connectivity index (χ1) is 9.64. The minimum absolute atomic E-state index is 0.0365. The van der Waals surface area contributed by atoms with Gasteiger partial charge in [0.1, 0.15) is 0 Å². The summed E-state index contributed by atoms with van der Waals surface area (Å²) in [7, 11) is 1.75. The highest BCUT2D eigenvalue weighted by Gasteiger charge is 2.28. The van der Waals surface area contributed by atoms with Gasteiger partial charge in [0.2, 0.25) is 0 Å². The van der Waals surface area contributed by atoms with Crippen molar-refractivity contribution in [3.63, 3.8) is 0 Å². The summed E-state index contributed by atoms with van der Waals surface area (Å²) in [4.78, 5) is 28.9. The first-order valence-corrected chi connectivity index (χ1v) is 6.76. The van der Waals surface area contributed by atoms with Crippen molar-refractivity contribution >= 4 is 18.0 Å². The second kappa shape index (κ2) is 6.52. The standard InChI is InChI=1S/C16H22N2O3/c1-11(16(2,3)4)18(5)15(21)13-8-9-17-10-12(13)6-7-14(19)20/h6-11H,1-5H3,(H,19,20). The maximum atomic E-state index is 12.6. The van der Waals surface area contributed by atoms with Gasteiger partial charge in [-0.25, -0.2) is 4.79 Å². The minimum Gasteiger partial charge on any atom is -0.478 e. The van der Waals surface area contributed by atoms with Crippen LogP contribution in [0.5, 0.6) is 0 Å².